The molecule has 0 saturated carbocycles. The third kappa shape index (κ3) is 4.81. The molecule has 1 saturated heterocycles. The molecule has 3 atom stereocenters. The third-order valence-electron chi connectivity index (χ3n) is 6.45. The van der Waals surface area contributed by atoms with Crippen LogP contribution >= 0.6 is 11.6 Å². The number of carbonyl (C=O) groups is 1. The Morgan fingerprint density at radius 1 is 1.16 bits per heavy atom. The SMILES string of the molecule is COC1CCc2c1ncnc2N1CCN(C(NC(C)C)C(C=O)c2ccc(Cl)cc2)CC1. The number of aromatic nitrogens is 2. The van der Waals surface area contributed by atoms with E-state index >= 15 is 0 Å². The molecule has 2 heterocycles. The van der Waals surface area contributed by atoms with Crippen LogP contribution in [-0.4, -0.2) is 66.7 Å². The van der Waals surface area contributed by atoms with Gasteiger partial charge in [-0.2, -0.15) is 0 Å². The minimum atomic E-state index is -0.271. The van der Waals surface area contributed by atoms with Gasteiger partial charge < -0.3 is 14.4 Å². The number of fused-ring (bicyclic) bond motifs is 1. The van der Waals surface area contributed by atoms with Crippen molar-refractivity contribution in [3.63, 3.8) is 0 Å². The maximum Gasteiger partial charge on any atom is 0.135 e. The van der Waals surface area contributed by atoms with Crippen molar-refractivity contribution in [2.24, 2.45) is 0 Å². The van der Waals surface area contributed by atoms with Crippen molar-refractivity contribution < 1.29 is 9.53 Å². The molecule has 1 aliphatic carbocycles. The number of methoxy groups -OCH3 is 1. The summed E-state index contributed by atoms with van der Waals surface area (Å²) in [7, 11) is 1.74. The van der Waals surface area contributed by atoms with E-state index < -0.39 is 0 Å². The highest BCUT2D eigenvalue weighted by Crippen LogP contribution is 2.36. The van der Waals surface area contributed by atoms with Gasteiger partial charge in [0.25, 0.3) is 0 Å². The van der Waals surface area contributed by atoms with Crippen molar-refractivity contribution in [2.75, 3.05) is 38.2 Å². The van der Waals surface area contributed by atoms with Crippen LogP contribution in [0.4, 0.5) is 5.82 Å². The van der Waals surface area contributed by atoms with Gasteiger partial charge in [0.1, 0.15) is 18.4 Å². The van der Waals surface area contributed by atoms with Crippen molar-refractivity contribution >= 4 is 23.7 Å². The van der Waals surface area contributed by atoms with Crippen LogP contribution in [0.3, 0.4) is 0 Å². The van der Waals surface area contributed by atoms with Gasteiger partial charge in [0.2, 0.25) is 0 Å². The number of rotatable bonds is 8. The molecular weight excluding hydrogens is 426 g/mol. The van der Waals surface area contributed by atoms with Crippen molar-refractivity contribution in [1.29, 1.82) is 0 Å². The zero-order valence-corrected chi connectivity index (χ0v) is 19.8. The molecule has 0 radical (unpaired) electrons. The standard InChI is InChI=1S/C24H32ClN5O2/c1-16(2)28-24(20(14-31)17-4-6-18(25)7-5-17)30-12-10-29(11-13-30)23-19-8-9-21(32-3)22(19)26-15-27-23/h4-7,14-16,20-21,24,28H,8-13H2,1-3H3. The molecule has 2 aromatic rings. The number of nitrogens with zero attached hydrogens (tertiary/aromatic N) is 4. The first-order chi connectivity index (χ1) is 15.5. The molecule has 0 amide bonds. The van der Waals surface area contributed by atoms with E-state index in [1.54, 1.807) is 13.4 Å². The summed E-state index contributed by atoms with van der Waals surface area (Å²) in [6.45, 7) is 7.61. The Kier molecular flexibility index (Phi) is 7.40. The lowest BCUT2D eigenvalue weighted by molar-refractivity contribution is -0.111. The molecule has 1 fully saturated rings. The van der Waals surface area contributed by atoms with E-state index in [1.165, 1.54) is 5.56 Å². The Hall–Kier alpha value is -2.06. The second-order valence-corrected chi connectivity index (χ2v) is 9.26. The summed E-state index contributed by atoms with van der Waals surface area (Å²) in [6.07, 6.45) is 4.61. The predicted octanol–water partition coefficient (Wildman–Crippen LogP) is 3.19. The zero-order chi connectivity index (χ0) is 22.7. The van der Waals surface area contributed by atoms with E-state index in [0.29, 0.717) is 5.02 Å². The number of aldehydes is 1. The van der Waals surface area contributed by atoms with Gasteiger partial charge in [0, 0.05) is 49.9 Å². The molecule has 4 rings (SSSR count). The number of anilines is 1. The van der Waals surface area contributed by atoms with Gasteiger partial charge in [-0.05, 0) is 44.4 Å². The van der Waals surface area contributed by atoms with Gasteiger partial charge in [-0.25, -0.2) is 9.97 Å². The molecular formula is C24H32ClN5O2. The number of ether oxygens (including phenoxy) is 1. The highest BCUT2D eigenvalue weighted by atomic mass is 35.5. The molecule has 0 spiro atoms. The molecule has 172 valence electrons. The van der Waals surface area contributed by atoms with E-state index in [4.69, 9.17) is 16.3 Å². The molecule has 3 unspecified atom stereocenters. The van der Waals surface area contributed by atoms with Crippen LogP contribution in [-0.2, 0) is 16.0 Å². The monoisotopic (exact) mass is 457 g/mol. The minimum Gasteiger partial charge on any atom is -0.375 e. The topological polar surface area (TPSA) is 70.6 Å². The van der Waals surface area contributed by atoms with Gasteiger partial charge in [-0.1, -0.05) is 23.7 Å². The minimum absolute atomic E-state index is 0.0698. The first kappa shape index (κ1) is 23.1. The average Bonchev–Trinajstić information content (AvgIpc) is 3.23. The average molecular weight is 458 g/mol. The van der Waals surface area contributed by atoms with Crippen LogP contribution in [0.2, 0.25) is 5.02 Å². The zero-order valence-electron chi connectivity index (χ0n) is 19.0. The molecule has 1 N–H and O–H groups in total. The Morgan fingerprint density at radius 2 is 1.88 bits per heavy atom. The number of nitrogens with one attached hydrogen (secondary N) is 1. The number of hydrogen-bond acceptors (Lipinski definition) is 7. The normalized spacial score (nSPS) is 20.9. The number of piperazine rings is 1. The lowest BCUT2D eigenvalue weighted by Crippen LogP contribution is -2.58. The maximum absolute atomic E-state index is 12.2. The fraction of sp³-hybridized carbons (Fsp3) is 0.542. The van der Waals surface area contributed by atoms with E-state index in [9.17, 15) is 4.79 Å². The van der Waals surface area contributed by atoms with E-state index in [2.05, 4.69) is 38.9 Å². The third-order valence-corrected chi connectivity index (χ3v) is 6.71. The number of halogens is 1. The highest BCUT2D eigenvalue weighted by molar-refractivity contribution is 6.30. The lowest BCUT2D eigenvalue weighted by Gasteiger charge is -2.43. The van der Waals surface area contributed by atoms with Crippen LogP contribution in [0.25, 0.3) is 0 Å². The predicted molar refractivity (Wildman–Crippen MR) is 126 cm³/mol. The summed E-state index contributed by atoms with van der Waals surface area (Å²) in [6, 6.07) is 7.84. The van der Waals surface area contributed by atoms with Crippen LogP contribution in [0.1, 0.15) is 49.1 Å². The van der Waals surface area contributed by atoms with E-state index in [1.807, 2.05) is 24.3 Å². The summed E-state index contributed by atoms with van der Waals surface area (Å²) in [5.41, 5.74) is 3.23. The lowest BCUT2D eigenvalue weighted by atomic mass is 9.95. The Morgan fingerprint density at radius 3 is 2.50 bits per heavy atom. The Bertz CT molecular complexity index is 915. The quantitative estimate of drug-likeness (QED) is 0.610. The molecule has 0 bridgehead atoms. The van der Waals surface area contributed by atoms with Crippen molar-refractivity contribution in [3.8, 4) is 0 Å². The molecule has 8 heteroatoms. The van der Waals surface area contributed by atoms with Gasteiger partial charge in [-0.3, -0.25) is 10.2 Å². The first-order valence-corrected chi connectivity index (χ1v) is 11.7. The van der Waals surface area contributed by atoms with Crippen molar-refractivity contribution in [2.45, 2.75) is 50.9 Å². The number of hydrogen-bond donors (Lipinski definition) is 1. The van der Waals surface area contributed by atoms with Crippen LogP contribution in [0, 0.1) is 0 Å². The fourth-order valence-electron chi connectivity index (χ4n) is 4.86. The van der Waals surface area contributed by atoms with Gasteiger partial charge in [0.15, 0.2) is 0 Å². The maximum atomic E-state index is 12.2. The fourth-order valence-corrected chi connectivity index (χ4v) is 4.98. The van der Waals surface area contributed by atoms with Gasteiger partial charge >= 0.3 is 0 Å². The van der Waals surface area contributed by atoms with Crippen LogP contribution in [0.15, 0.2) is 30.6 Å². The molecule has 32 heavy (non-hydrogen) atoms. The summed E-state index contributed by atoms with van der Waals surface area (Å²) in [4.78, 5) is 26.0. The number of carbonyl (C=O) groups excluding carboxylic acids is 1. The summed E-state index contributed by atoms with van der Waals surface area (Å²) in [5, 5.41) is 4.30. The molecule has 2 aliphatic rings. The van der Waals surface area contributed by atoms with Crippen molar-refractivity contribution in [3.05, 3.63) is 52.4 Å². The van der Waals surface area contributed by atoms with Crippen LogP contribution in [0.5, 0.6) is 0 Å². The highest BCUT2D eigenvalue weighted by Gasteiger charge is 2.34. The Balaban J connectivity index is 1.50. The Labute approximate surface area is 195 Å². The second-order valence-electron chi connectivity index (χ2n) is 8.83. The summed E-state index contributed by atoms with van der Waals surface area (Å²) >= 11 is 6.07. The first-order valence-electron chi connectivity index (χ1n) is 11.3. The van der Waals surface area contributed by atoms with E-state index in [0.717, 1.165) is 62.4 Å². The summed E-state index contributed by atoms with van der Waals surface area (Å²) in [5.74, 6) is 0.763. The molecule has 1 aromatic carbocycles. The van der Waals surface area contributed by atoms with Gasteiger partial charge in [0.05, 0.1) is 23.9 Å². The van der Waals surface area contributed by atoms with E-state index in [-0.39, 0.29) is 24.2 Å². The molecule has 1 aromatic heterocycles. The molecule has 1 aliphatic heterocycles. The number of benzene rings is 1. The molecule has 7 nitrogen and oxygen atoms in total. The van der Waals surface area contributed by atoms with Crippen molar-refractivity contribution in [1.82, 2.24) is 20.2 Å². The van der Waals surface area contributed by atoms with Crippen LogP contribution < -0.4 is 10.2 Å². The second kappa shape index (κ2) is 10.3. The largest absolute Gasteiger partial charge is 0.375 e. The summed E-state index contributed by atoms with van der Waals surface area (Å²) < 4.78 is 5.59. The van der Waals surface area contributed by atoms with Gasteiger partial charge in [-0.15, -0.1) is 0 Å². The smallest absolute Gasteiger partial charge is 0.135 e.